The first-order chi connectivity index (χ1) is 7.62. The van der Waals surface area contributed by atoms with E-state index in [1.54, 1.807) is 25.4 Å². The third kappa shape index (κ3) is 2.02. The molecule has 1 aromatic heterocycles. The minimum atomic E-state index is -1.40. The van der Waals surface area contributed by atoms with Gasteiger partial charge in [-0.15, -0.1) is 0 Å². The quantitative estimate of drug-likeness (QED) is 0.804. The van der Waals surface area contributed by atoms with Crippen molar-refractivity contribution in [1.29, 1.82) is 0 Å². The van der Waals surface area contributed by atoms with E-state index in [2.05, 4.69) is 10.3 Å². The second-order valence-electron chi connectivity index (χ2n) is 4.58. The Balaban J connectivity index is 2.26. The Morgan fingerprint density at radius 1 is 1.62 bits per heavy atom. The van der Waals surface area contributed by atoms with E-state index >= 15 is 0 Å². The van der Waals surface area contributed by atoms with E-state index in [-0.39, 0.29) is 5.92 Å². The van der Waals surface area contributed by atoms with Crippen LogP contribution in [0.15, 0.2) is 18.5 Å². The maximum atomic E-state index is 14.8. The Hall–Kier alpha value is -1.16. The third-order valence-corrected chi connectivity index (χ3v) is 3.44. The SMILES string of the molecule is CC(F)(c1cnccc1N)C1CCCNC1. The minimum Gasteiger partial charge on any atom is -0.398 e. The van der Waals surface area contributed by atoms with E-state index in [9.17, 15) is 4.39 Å². The fourth-order valence-corrected chi connectivity index (χ4v) is 2.35. The van der Waals surface area contributed by atoms with Gasteiger partial charge in [-0.25, -0.2) is 4.39 Å². The lowest BCUT2D eigenvalue weighted by Crippen LogP contribution is -2.40. The van der Waals surface area contributed by atoms with Crippen molar-refractivity contribution in [2.75, 3.05) is 18.8 Å². The van der Waals surface area contributed by atoms with Gasteiger partial charge in [0.1, 0.15) is 5.67 Å². The van der Waals surface area contributed by atoms with Gasteiger partial charge in [-0.1, -0.05) is 0 Å². The zero-order chi connectivity index (χ0) is 11.6. The summed E-state index contributed by atoms with van der Waals surface area (Å²) in [5, 5.41) is 3.23. The molecular weight excluding hydrogens is 205 g/mol. The van der Waals surface area contributed by atoms with Crippen molar-refractivity contribution >= 4 is 5.69 Å². The highest BCUT2D eigenvalue weighted by Gasteiger charge is 2.38. The summed E-state index contributed by atoms with van der Waals surface area (Å²) in [5.41, 5.74) is 5.42. The number of nitrogens with two attached hydrogens (primary N) is 1. The summed E-state index contributed by atoms with van der Waals surface area (Å²) in [6.07, 6.45) is 5.05. The molecule has 2 unspecified atom stereocenters. The molecule has 0 amide bonds. The van der Waals surface area contributed by atoms with Crippen LogP contribution in [0.2, 0.25) is 0 Å². The molecule has 3 N–H and O–H groups in total. The molecular formula is C12H18FN3. The van der Waals surface area contributed by atoms with Gasteiger partial charge in [0.25, 0.3) is 0 Å². The van der Waals surface area contributed by atoms with Crippen molar-refractivity contribution in [3.63, 3.8) is 0 Å². The minimum absolute atomic E-state index is 0.0206. The first-order valence-corrected chi connectivity index (χ1v) is 5.72. The van der Waals surface area contributed by atoms with Crippen LogP contribution in [-0.2, 0) is 5.67 Å². The molecule has 0 aromatic carbocycles. The molecule has 1 fully saturated rings. The van der Waals surface area contributed by atoms with Crippen LogP contribution in [0.25, 0.3) is 0 Å². The van der Waals surface area contributed by atoms with Crippen LogP contribution >= 0.6 is 0 Å². The second kappa shape index (κ2) is 4.37. The first kappa shape index (κ1) is 11.3. The number of rotatable bonds is 2. The molecule has 88 valence electrons. The van der Waals surface area contributed by atoms with Gasteiger partial charge in [-0.05, 0) is 32.4 Å². The molecule has 16 heavy (non-hydrogen) atoms. The summed E-state index contributed by atoms with van der Waals surface area (Å²) in [7, 11) is 0. The summed E-state index contributed by atoms with van der Waals surface area (Å²) in [6, 6.07) is 1.66. The molecule has 3 nitrogen and oxygen atoms in total. The van der Waals surface area contributed by atoms with E-state index in [0.717, 1.165) is 19.4 Å². The maximum absolute atomic E-state index is 14.8. The van der Waals surface area contributed by atoms with Gasteiger partial charge in [0.15, 0.2) is 0 Å². The predicted octanol–water partition coefficient (Wildman–Crippen LogP) is 1.85. The lowest BCUT2D eigenvalue weighted by molar-refractivity contribution is 0.0816. The second-order valence-corrected chi connectivity index (χ2v) is 4.58. The largest absolute Gasteiger partial charge is 0.398 e. The van der Waals surface area contributed by atoms with Crippen LogP contribution in [0, 0.1) is 5.92 Å². The molecule has 2 atom stereocenters. The molecule has 0 bridgehead atoms. The Bertz CT molecular complexity index is 359. The van der Waals surface area contributed by atoms with E-state index in [1.807, 2.05) is 0 Å². The molecule has 0 aliphatic carbocycles. The Morgan fingerprint density at radius 3 is 3.06 bits per heavy atom. The van der Waals surface area contributed by atoms with Crippen molar-refractivity contribution in [1.82, 2.24) is 10.3 Å². The molecule has 1 saturated heterocycles. The van der Waals surface area contributed by atoms with Crippen LogP contribution in [0.4, 0.5) is 10.1 Å². The number of nitrogen functional groups attached to an aromatic ring is 1. The fraction of sp³-hybridized carbons (Fsp3) is 0.583. The van der Waals surface area contributed by atoms with Crippen LogP contribution in [-0.4, -0.2) is 18.1 Å². The first-order valence-electron chi connectivity index (χ1n) is 5.72. The van der Waals surface area contributed by atoms with Crippen LogP contribution < -0.4 is 11.1 Å². The van der Waals surface area contributed by atoms with E-state index in [1.165, 1.54) is 0 Å². The van der Waals surface area contributed by atoms with Gasteiger partial charge < -0.3 is 11.1 Å². The normalized spacial score (nSPS) is 25.0. The van der Waals surface area contributed by atoms with E-state index in [0.29, 0.717) is 17.8 Å². The van der Waals surface area contributed by atoms with Gasteiger partial charge in [-0.2, -0.15) is 0 Å². The van der Waals surface area contributed by atoms with Crippen LogP contribution in [0.1, 0.15) is 25.3 Å². The number of anilines is 1. The Kier molecular flexibility index (Phi) is 3.10. The summed E-state index contributed by atoms with van der Waals surface area (Å²) in [4.78, 5) is 3.97. The average Bonchev–Trinajstić information content (AvgIpc) is 2.30. The number of hydrogen-bond donors (Lipinski definition) is 2. The molecule has 0 spiro atoms. The van der Waals surface area contributed by atoms with E-state index < -0.39 is 5.67 Å². The molecule has 4 heteroatoms. The van der Waals surface area contributed by atoms with Gasteiger partial charge >= 0.3 is 0 Å². The number of nitrogens with zero attached hydrogens (tertiary/aromatic N) is 1. The Morgan fingerprint density at radius 2 is 2.44 bits per heavy atom. The highest BCUT2D eigenvalue weighted by Crippen LogP contribution is 2.39. The lowest BCUT2D eigenvalue weighted by Gasteiger charge is -2.34. The monoisotopic (exact) mass is 223 g/mol. The molecule has 0 radical (unpaired) electrons. The molecule has 1 aliphatic heterocycles. The van der Waals surface area contributed by atoms with Gasteiger partial charge in [0.05, 0.1) is 0 Å². The molecule has 2 heterocycles. The van der Waals surface area contributed by atoms with E-state index in [4.69, 9.17) is 5.73 Å². The molecule has 1 aliphatic rings. The van der Waals surface area contributed by atoms with Gasteiger partial charge in [0.2, 0.25) is 0 Å². The zero-order valence-corrected chi connectivity index (χ0v) is 9.54. The van der Waals surface area contributed by atoms with Crippen molar-refractivity contribution in [3.8, 4) is 0 Å². The highest BCUT2D eigenvalue weighted by molar-refractivity contribution is 5.47. The summed E-state index contributed by atoms with van der Waals surface area (Å²) in [5.74, 6) is -0.0206. The third-order valence-electron chi connectivity index (χ3n) is 3.44. The highest BCUT2D eigenvalue weighted by atomic mass is 19.1. The number of hydrogen-bond acceptors (Lipinski definition) is 3. The Labute approximate surface area is 95.3 Å². The van der Waals surface area contributed by atoms with Gasteiger partial charge in [0, 0.05) is 36.1 Å². The van der Waals surface area contributed by atoms with Crippen molar-refractivity contribution in [2.45, 2.75) is 25.4 Å². The summed E-state index contributed by atoms with van der Waals surface area (Å²) < 4.78 is 14.8. The number of halogens is 1. The fourth-order valence-electron chi connectivity index (χ4n) is 2.35. The van der Waals surface area contributed by atoms with Crippen molar-refractivity contribution < 1.29 is 4.39 Å². The topological polar surface area (TPSA) is 50.9 Å². The summed E-state index contributed by atoms with van der Waals surface area (Å²) >= 11 is 0. The zero-order valence-electron chi connectivity index (χ0n) is 9.54. The molecule has 0 saturated carbocycles. The van der Waals surface area contributed by atoms with Crippen molar-refractivity contribution in [3.05, 3.63) is 24.0 Å². The number of pyridine rings is 1. The molecule has 1 aromatic rings. The van der Waals surface area contributed by atoms with Gasteiger partial charge in [-0.3, -0.25) is 4.98 Å². The molecule has 2 rings (SSSR count). The number of nitrogens with one attached hydrogen (secondary N) is 1. The summed E-state index contributed by atoms with van der Waals surface area (Å²) in [6.45, 7) is 3.30. The number of alkyl halides is 1. The van der Waals surface area contributed by atoms with Crippen molar-refractivity contribution in [2.24, 2.45) is 5.92 Å². The number of aromatic nitrogens is 1. The van der Waals surface area contributed by atoms with Crippen LogP contribution in [0.5, 0.6) is 0 Å². The predicted molar refractivity (Wildman–Crippen MR) is 62.7 cm³/mol. The standard InChI is InChI=1S/C12H18FN3/c1-12(13,9-3-2-5-15-7-9)10-8-16-6-4-11(10)14/h4,6,8-9,15H,2-3,5,7H2,1H3,(H2,14,16). The maximum Gasteiger partial charge on any atom is 0.140 e. The van der Waals surface area contributed by atoms with Crippen LogP contribution in [0.3, 0.4) is 0 Å². The lowest BCUT2D eigenvalue weighted by atomic mass is 9.80. The number of piperidine rings is 1. The average molecular weight is 223 g/mol. The smallest absolute Gasteiger partial charge is 0.140 e.